The van der Waals surface area contributed by atoms with E-state index in [4.69, 9.17) is 9.79 Å². The highest BCUT2D eigenvalue weighted by atomic mass is 79.9. The van der Waals surface area contributed by atoms with Gasteiger partial charge in [-0.2, -0.15) is 8.78 Å². The lowest BCUT2D eigenvalue weighted by atomic mass is 10.1. The van der Waals surface area contributed by atoms with Crippen molar-refractivity contribution in [2.45, 2.75) is 17.2 Å². The first-order valence-corrected chi connectivity index (χ1v) is 12.5. The van der Waals surface area contributed by atoms with Gasteiger partial charge in [-0.25, -0.2) is 8.42 Å². The average Bonchev–Trinajstić information content (AvgIpc) is 2.59. The zero-order valence-electron chi connectivity index (χ0n) is 14.8. The van der Waals surface area contributed by atoms with Crippen LogP contribution < -0.4 is 0 Å². The van der Waals surface area contributed by atoms with E-state index in [1.807, 2.05) is 30.3 Å². The van der Waals surface area contributed by atoms with Gasteiger partial charge < -0.3 is 9.79 Å². The molecule has 0 bridgehead atoms. The zero-order valence-corrected chi connectivity index (χ0v) is 18.1. The van der Waals surface area contributed by atoms with Gasteiger partial charge in [-0.1, -0.05) is 70.5 Å². The lowest BCUT2D eigenvalue weighted by Crippen LogP contribution is -2.15. The van der Waals surface area contributed by atoms with Crippen molar-refractivity contribution >= 4 is 44.1 Å². The summed E-state index contributed by atoms with van der Waals surface area (Å²) in [6.45, 7) is 0. The van der Waals surface area contributed by atoms with Crippen LogP contribution in [0, 0.1) is 0 Å². The maximum Gasteiger partial charge on any atom is 0.399 e. The lowest BCUT2D eigenvalue weighted by Gasteiger charge is -2.19. The first-order chi connectivity index (χ1) is 13.4. The summed E-state index contributed by atoms with van der Waals surface area (Å²) in [6, 6.07) is 16.0. The molecule has 3 rings (SSSR count). The van der Waals surface area contributed by atoms with Crippen molar-refractivity contribution in [3.8, 4) is 0 Å². The number of hydrogen-bond acceptors (Lipinski definition) is 3. The van der Waals surface area contributed by atoms with Gasteiger partial charge in [-0.15, -0.1) is 0 Å². The average molecular weight is 505 g/mol. The van der Waals surface area contributed by atoms with Gasteiger partial charge in [0.2, 0.25) is 0 Å². The maximum atomic E-state index is 13.9. The quantitative estimate of drug-likeness (QED) is 0.463. The molecule has 0 saturated carbocycles. The number of sulfone groups is 1. The van der Waals surface area contributed by atoms with E-state index in [-0.39, 0.29) is 15.8 Å². The van der Waals surface area contributed by atoms with Gasteiger partial charge in [0.1, 0.15) is 0 Å². The first kappa shape index (κ1) is 22.1. The van der Waals surface area contributed by atoms with Crippen LogP contribution in [-0.2, 0) is 31.6 Å². The fourth-order valence-corrected chi connectivity index (χ4v) is 5.75. The van der Waals surface area contributed by atoms with Crippen LogP contribution in [0.25, 0.3) is 10.8 Å². The van der Waals surface area contributed by atoms with Crippen molar-refractivity contribution in [2.75, 3.05) is 0 Å². The molecule has 2 N–H and O–H groups in total. The molecule has 5 nitrogen and oxygen atoms in total. The molecule has 154 valence electrons. The van der Waals surface area contributed by atoms with Crippen molar-refractivity contribution < 1.29 is 31.6 Å². The van der Waals surface area contributed by atoms with Crippen LogP contribution in [0.4, 0.5) is 8.78 Å². The second-order valence-electron chi connectivity index (χ2n) is 6.61. The highest BCUT2D eigenvalue weighted by molar-refractivity contribution is 9.10. The Balaban J connectivity index is 1.83. The van der Waals surface area contributed by atoms with Crippen molar-refractivity contribution in [3.05, 3.63) is 81.8 Å². The predicted molar refractivity (Wildman–Crippen MR) is 110 cm³/mol. The monoisotopic (exact) mass is 504 g/mol. The molecule has 0 fully saturated rings. The molecule has 0 atom stereocenters. The van der Waals surface area contributed by atoms with Crippen molar-refractivity contribution in [2.24, 2.45) is 0 Å². The Hall–Kier alpha value is -1.64. The molecular weight excluding hydrogens is 489 g/mol. The summed E-state index contributed by atoms with van der Waals surface area (Å²) in [5.41, 5.74) is -4.45. The smallest absolute Gasteiger partial charge is 0.320 e. The Morgan fingerprint density at radius 2 is 1.45 bits per heavy atom. The van der Waals surface area contributed by atoms with E-state index in [0.717, 1.165) is 29.0 Å². The predicted octanol–water partition coefficient (Wildman–Crippen LogP) is 4.94. The maximum absolute atomic E-state index is 13.9. The third-order valence-corrected chi connectivity index (χ3v) is 7.49. The Morgan fingerprint density at radius 1 is 0.897 bits per heavy atom. The van der Waals surface area contributed by atoms with Crippen molar-refractivity contribution in [1.29, 1.82) is 0 Å². The van der Waals surface area contributed by atoms with E-state index in [9.17, 15) is 21.8 Å². The van der Waals surface area contributed by atoms with Gasteiger partial charge in [-0.05, 0) is 28.0 Å². The van der Waals surface area contributed by atoms with Gasteiger partial charge in [0.25, 0.3) is 0 Å². The first-order valence-electron chi connectivity index (χ1n) is 8.29. The Morgan fingerprint density at radius 3 is 2.03 bits per heavy atom. The number of rotatable bonds is 6. The fraction of sp³-hybridized carbons (Fsp3) is 0.158. The molecule has 0 aromatic heterocycles. The highest BCUT2D eigenvalue weighted by Crippen LogP contribution is 2.60. The van der Waals surface area contributed by atoms with E-state index in [1.54, 1.807) is 12.1 Å². The molecule has 29 heavy (non-hydrogen) atoms. The standard InChI is InChI=1S/C19H16BrF2O5PS/c20-18-10-14(6-8-17(18)19(21,22)28(23,24)25)12-29(26,27)11-13-5-7-15-3-1-2-4-16(15)9-13/h1-10H,11-12H2,(H2,23,24,25). The minimum atomic E-state index is -5.72. The van der Waals surface area contributed by atoms with Crippen LogP contribution in [0.15, 0.2) is 65.1 Å². The number of fused-ring (bicyclic) bond motifs is 1. The largest absolute Gasteiger partial charge is 0.399 e. The van der Waals surface area contributed by atoms with Crippen molar-refractivity contribution in [1.82, 2.24) is 0 Å². The van der Waals surface area contributed by atoms with Gasteiger partial charge in [-0.3, -0.25) is 4.57 Å². The third-order valence-electron chi connectivity index (χ3n) is 4.31. The summed E-state index contributed by atoms with van der Waals surface area (Å²) < 4.78 is 63.7. The normalized spacial score (nSPS) is 13.0. The van der Waals surface area contributed by atoms with Gasteiger partial charge >= 0.3 is 13.3 Å². The van der Waals surface area contributed by atoms with Gasteiger partial charge in [0, 0.05) is 10.0 Å². The molecule has 3 aromatic carbocycles. The molecule has 10 heteroatoms. The minimum Gasteiger partial charge on any atom is -0.320 e. The van der Waals surface area contributed by atoms with E-state index in [0.29, 0.717) is 5.56 Å². The van der Waals surface area contributed by atoms with Gasteiger partial charge in [0.05, 0.1) is 11.5 Å². The molecule has 0 aliphatic carbocycles. The van der Waals surface area contributed by atoms with E-state index < -0.39 is 34.4 Å². The summed E-state index contributed by atoms with van der Waals surface area (Å²) in [4.78, 5) is 17.7. The molecule has 0 amide bonds. The molecule has 0 aliphatic rings. The van der Waals surface area contributed by atoms with Crippen LogP contribution in [-0.4, -0.2) is 18.2 Å². The Bertz CT molecular complexity index is 1220. The molecular formula is C19H16BrF2O5PS. The zero-order chi connectivity index (χ0) is 21.4. The lowest BCUT2D eigenvalue weighted by molar-refractivity contribution is 0.0557. The molecule has 0 saturated heterocycles. The number of hydrogen-bond donors (Lipinski definition) is 2. The second kappa shape index (κ2) is 7.89. The third kappa shape index (κ3) is 4.92. The topological polar surface area (TPSA) is 91.7 Å². The summed E-state index contributed by atoms with van der Waals surface area (Å²) >= 11 is 2.86. The van der Waals surface area contributed by atoms with Crippen molar-refractivity contribution in [3.63, 3.8) is 0 Å². The summed E-state index contributed by atoms with van der Waals surface area (Å²) in [6.07, 6.45) is 0. The van der Waals surface area contributed by atoms with Crippen LogP contribution >= 0.6 is 23.5 Å². The Labute approximate surface area is 174 Å². The molecule has 0 aliphatic heterocycles. The minimum absolute atomic E-state index is 0.225. The molecule has 0 unspecified atom stereocenters. The van der Waals surface area contributed by atoms with E-state index in [2.05, 4.69) is 15.9 Å². The second-order valence-corrected chi connectivity index (χ2v) is 11.2. The SMILES string of the molecule is O=P(O)(O)C(F)(F)c1ccc(CS(=O)(=O)Cc2ccc3ccccc3c2)cc1Br. The van der Waals surface area contributed by atoms with E-state index >= 15 is 0 Å². The summed E-state index contributed by atoms with van der Waals surface area (Å²) in [7, 11) is -9.33. The van der Waals surface area contributed by atoms with Crippen LogP contribution in [0.3, 0.4) is 0 Å². The van der Waals surface area contributed by atoms with Crippen LogP contribution in [0.5, 0.6) is 0 Å². The molecule has 0 heterocycles. The summed E-state index contributed by atoms with van der Waals surface area (Å²) in [5.74, 6) is -0.629. The number of alkyl halides is 2. The van der Waals surface area contributed by atoms with E-state index in [1.165, 1.54) is 0 Å². The van der Waals surface area contributed by atoms with Crippen LogP contribution in [0.2, 0.25) is 0 Å². The molecule has 0 radical (unpaired) electrons. The molecule has 0 spiro atoms. The van der Waals surface area contributed by atoms with Crippen LogP contribution in [0.1, 0.15) is 16.7 Å². The highest BCUT2D eigenvalue weighted by Gasteiger charge is 2.51. The number of benzene rings is 3. The number of halogens is 3. The fourth-order valence-electron chi connectivity index (χ4n) is 2.94. The Kier molecular flexibility index (Phi) is 6.00. The van der Waals surface area contributed by atoms with Gasteiger partial charge in [0.15, 0.2) is 9.84 Å². The molecule has 3 aromatic rings. The summed E-state index contributed by atoms with van der Waals surface area (Å²) in [5, 5.41) is 1.89.